The van der Waals surface area contributed by atoms with Gasteiger partial charge in [-0.15, -0.1) is 0 Å². The van der Waals surface area contributed by atoms with Crippen LogP contribution >= 0.6 is 0 Å². The van der Waals surface area contributed by atoms with E-state index in [9.17, 15) is 0 Å². The van der Waals surface area contributed by atoms with E-state index in [0.29, 0.717) is 7.25 Å². The van der Waals surface area contributed by atoms with E-state index in [1.54, 1.807) is 44.5 Å². The molecular formula is C30H38Cl2Zr. The van der Waals surface area contributed by atoms with Crippen molar-refractivity contribution in [3.8, 4) is 0 Å². The average molecular weight is 561 g/mol. The Morgan fingerprint density at radius 2 is 0.818 bits per heavy atom. The molecule has 0 aliphatic heterocycles. The number of allylic oxidation sites excluding steroid dienone is 2. The van der Waals surface area contributed by atoms with Crippen LogP contribution in [-0.4, -0.2) is 0 Å². The summed E-state index contributed by atoms with van der Waals surface area (Å²) >= 11 is -0.808. The first-order valence-electron chi connectivity index (χ1n) is 12.0. The van der Waals surface area contributed by atoms with Gasteiger partial charge in [-0.3, -0.25) is 0 Å². The fourth-order valence-corrected chi connectivity index (χ4v) is 11.9. The third kappa shape index (κ3) is 4.30. The van der Waals surface area contributed by atoms with Crippen molar-refractivity contribution in [1.82, 2.24) is 0 Å². The second kappa shape index (κ2) is 10.6. The van der Waals surface area contributed by atoms with E-state index in [0.717, 1.165) is 0 Å². The minimum atomic E-state index is -0.808. The van der Waals surface area contributed by atoms with Gasteiger partial charge < -0.3 is 24.8 Å². The molecule has 0 saturated carbocycles. The SMILES string of the molecule is CCC1=Cc2c(C)c(C)c(C)c(C)c2[CH]1[Zr+2][CH]1C(CC)=Cc2c(C)c(C)c(C)c(C)c21.[Cl-].[Cl-]. The molecule has 2 aromatic rings. The van der Waals surface area contributed by atoms with Crippen molar-refractivity contribution in [2.24, 2.45) is 0 Å². The fraction of sp³-hybridized carbons (Fsp3) is 0.467. The Kier molecular flexibility index (Phi) is 9.16. The molecule has 0 spiro atoms. The molecule has 0 bridgehead atoms. The molecule has 0 heterocycles. The summed E-state index contributed by atoms with van der Waals surface area (Å²) in [6, 6.07) is 0. The Hall–Kier alpha value is -0.617. The van der Waals surface area contributed by atoms with Gasteiger partial charge in [0.05, 0.1) is 0 Å². The third-order valence-electron chi connectivity index (χ3n) is 8.70. The predicted molar refractivity (Wildman–Crippen MR) is 133 cm³/mol. The van der Waals surface area contributed by atoms with Crippen molar-refractivity contribution in [2.45, 2.75) is 89.3 Å². The quantitative estimate of drug-likeness (QED) is 0.540. The Balaban J connectivity index is 0.00000193. The van der Waals surface area contributed by atoms with Gasteiger partial charge in [0, 0.05) is 0 Å². The summed E-state index contributed by atoms with van der Waals surface area (Å²) in [6.07, 6.45) is 7.54. The number of hydrogen-bond acceptors (Lipinski definition) is 0. The minimum absolute atomic E-state index is 0. The van der Waals surface area contributed by atoms with Gasteiger partial charge >= 0.3 is 203 Å². The number of hydrogen-bond donors (Lipinski definition) is 0. The van der Waals surface area contributed by atoms with Crippen LogP contribution in [0.15, 0.2) is 11.1 Å². The molecule has 2 aliphatic carbocycles. The zero-order chi connectivity index (χ0) is 22.8. The molecule has 0 amide bonds. The van der Waals surface area contributed by atoms with Gasteiger partial charge in [-0.2, -0.15) is 0 Å². The van der Waals surface area contributed by atoms with Crippen molar-refractivity contribution in [3.05, 3.63) is 77.9 Å². The first kappa shape index (κ1) is 28.6. The van der Waals surface area contributed by atoms with Crippen molar-refractivity contribution in [3.63, 3.8) is 0 Å². The summed E-state index contributed by atoms with van der Waals surface area (Å²) in [5, 5.41) is 0. The second-order valence-electron chi connectivity index (χ2n) is 9.83. The van der Waals surface area contributed by atoms with Crippen molar-refractivity contribution in [2.75, 3.05) is 0 Å². The molecule has 0 saturated heterocycles. The Morgan fingerprint density at radius 3 is 1.12 bits per heavy atom. The maximum Gasteiger partial charge on any atom is -1.00 e. The molecule has 4 rings (SSSR count). The third-order valence-corrected chi connectivity index (χ3v) is 13.6. The van der Waals surface area contributed by atoms with Crippen LogP contribution in [0, 0.1) is 55.4 Å². The number of fused-ring (bicyclic) bond motifs is 2. The maximum atomic E-state index is 2.58. The molecule has 176 valence electrons. The molecule has 2 atom stereocenters. The van der Waals surface area contributed by atoms with E-state index in [2.05, 4.69) is 81.4 Å². The van der Waals surface area contributed by atoms with E-state index in [1.165, 1.54) is 46.2 Å². The maximum absolute atomic E-state index is 2.58. The molecule has 0 aromatic heterocycles. The summed E-state index contributed by atoms with van der Waals surface area (Å²) in [5.74, 6) is 0. The number of halogens is 2. The van der Waals surface area contributed by atoms with E-state index < -0.39 is 23.2 Å². The molecule has 33 heavy (non-hydrogen) atoms. The van der Waals surface area contributed by atoms with Gasteiger partial charge in [-0.1, -0.05) is 0 Å². The molecule has 2 aliphatic rings. The topological polar surface area (TPSA) is 0 Å². The summed E-state index contributed by atoms with van der Waals surface area (Å²) in [6.45, 7) is 23.5. The monoisotopic (exact) mass is 558 g/mol. The molecule has 2 aromatic carbocycles. The molecule has 0 radical (unpaired) electrons. The summed E-state index contributed by atoms with van der Waals surface area (Å²) in [7, 11) is 0. The summed E-state index contributed by atoms with van der Waals surface area (Å²) in [4.78, 5) is 0. The van der Waals surface area contributed by atoms with Crippen LogP contribution in [0.3, 0.4) is 0 Å². The largest absolute Gasteiger partial charge is 1.00 e. The zero-order valence-corrected chi connectivity index (χ0v) is 25.9. The summed E-state index contributed by atoms with van der Waals surface area (Å²) < 4.78 is 1.43. The van der Waals surface area contributed by atoms with Crippen molar-refractivity contribution >= 4 is 12.2 Å². The Labute approximate surface area is 226 Å². The van der Waals surface area contributed by atoms with Gasteiger partial charge in [0.2, 0.25) is 0 Å². The van der Waals surface area contributed by atoms with Gasteiger partial charge in [-0.25, -0.2) is 0 Å². The van der Waals surface area contributed by atoms with Gasteiger partial charge in [-0.05, 0) is 0 Å². The van der Waals surface area contributed by atoms with Crippen LogP contribution in [0.25, 0.3) is 12.2 Å². The Bertz CT molecular complexity index is 1080. The van der Waals surface area contributed by atoms with Gasteiger partial charge in [0.1, 0.15) is 0 Å². The Morgan fingerprint density at radius 1 is 0.515 bits per heavy atom. The fourth-order valence-electron chi connectivity index (χ4n) is 5.93. The van der Waals surface area contributed by atoms with E-state index in [4.69, 9.17) is 0 Å². The van der Waals surface area contributed by atoms with E-state index in [1.807, 2.05) is 0 Å². The van der Waals surface area contributed by atoms with Crippen LogP contribution in [0.5, 0.6) is 0 Å². The van der Waals surface area contributed by atoms with E-state index in [-0.39, 0.29) is 24.8 Å². The van der Waals surface area contributed by atoms with Crippen molar-refractivity contribution < 1.29 is 48.0 Å². The second-order valence-corrected chi connectivity index (χ2v) is 13.5. The smallest absolute Gasteiger partial charge is 1.00 e. The van der Waals surface area contributed by atoms with Gasteiger partial charge in [0.15, 0.2) is 0 Å². The van der Waals surface area contributed by atoms with Crippen LogP contribution in [0.4, 0.5) is 0 Å². The minimum Gasteiger partial charge on any atom is -1.00 e. The number of benzene rings is 2. The first-order chi connectivity index (χ1) is 14.6. The standard InChI is InChI=1S/2C15H19.2ClH.Zr/c2*1-6-13-7-14-11(4)9(2)10(3)12(5)15(14)8-13;;;/h2*7-8H,6H2,1-5H3;2*1H;/q;;;;+2/p-2. The normalized spacial score (nSPS) is 18.0. The predicted octanol–water partition coefficient (Wildman–Crippen LogP) is 2.64. The molecule has 0 nitrogen and oxygen atoms in total. The van der Waals surface area contributed by atoms with E-state index >= 15 is 0 Å². The summed E-state index contributed by atoms with van der Waals surface area (Å²) in [5.41, 5.74) is 22.1. The molecule has 2 unspecified atom stereocenters. The average Bonchev–Trinajstić information content (AvgIpc) is 3.32. The van der Waals surface area contributed by atoms with Crippen LogP contribution < -0.4 is 24.8 Å². The van der Waals surface area contributed by atoms with Crippen LogP contribution in [0.2, 0.25) is 0 Å². The molecular weight excluding hydrogens is 522 g/mol. The molecule has 0 N–H and O–H groups in total. The van der Waals surface area contributed by atoms with Crippen molar-refractivity contribution in [1.29, 1.82) is 0 Å². The van der Waals surface area contributed by atoms with Gasteiger partial charge in [0.25, 0.3) is 0 Å². The first-order valence-corrected chi connectivity index (χ1v) is 14.8. The molecule has 3 heteroatoms. The van der Waals surface area contributed by atoms with Crippen LogP contribution in [0.1, 0.15) is 101 Å². The van der Waals surface area contributed by atoms with Crippen LogP contribution in [-0.2, 0) is 23.2 Å². The molecule has 0 fully saturated rings. The zero-order valence-electron chi connectivity index (χ0n) is 22.0. The number of rotatable bonds is 4.